The van der Waals surface area contributed by atoms with E-state index in [9.17, 15) is 5.11 Å². The first kappa shape index (κ1) is 9.02. The Bertz CT molecular complexity index is 467. The molecule has 0 aromatic carbocycles. The summed E-state index contributed by atoms with van der Waals surface area (Å²) in [6.07, 6.45) is 1.59. The van der Waals surface area contributed by atoms with E-state index in [1.807, 2.05) is 0 Å². The minimum atomic E-state index is 0.0306. The molecule has 0 aliphatic rings. The van der Waals surface area contributed by atoms with E-state index in [4.69, 9.17) is 11.6 Å². The fraction of sp³-hybridized carbons (Fsp3) is 0.111. The zero-order valence-corrected chi connectivity index (χ0v) is 8.23. The number of aromatic nitrogens is 3. The molecule has 0 aliphatic carbocycles. The van der Waals surface area contributed by atoms with Crippen molar-refractivity contribution in [3.8, 4) is 11.7 Å². The normalized spacial score (nSPS) is 10.4. The van der Waals surface area contributed by atoms with Crippen LogP contribution in [0.3, 0.4) is 0 Å². The van der Waals surface area contributed by atoms with Crippen LogP contribution in [0.5, 0.6) is 5.88 Å². The number of nitrogens with zero attached hydrogens (tertiary/aromatic N) is 3. The molecule has 0 fully saturated rings. The van der Waals surface area contributed by atoms with Gasteiger partial charge in [0.2, 0.25) is 5.88 Å². The van der Waals surface area contributed by atoms with Crippen molar-refractivity contribution in [3.63, 3.8) is 0 Å². The Labute approximate surface area is 85.8 Å². The van der Waals surface area contributed by atoms with Gasteiger partial charge in [-0.15, -0.1) is 0 Å². The first-order valence-electron chi connectivity index (χ1n) is 4.05. The molecule has 0 saturated heterocycles. The van der Waals surface area contributed by atoms with Gasteiger partial charge in [-0.2, -0.15) is 9.78 Å². The lowest BCUT2D eigenvalue weighted by Crippen LogP contribution is -1.99. The van der Waals surface area contributed by atoms with E-state index in [-0.39, 0.29) is 5.88 Å². The highest BCUT2D eigenvalue weighted by Gasteiger charge is 2.09. The molecular weight excluding hydrogens is 202 g/mol. The zero-order valence-electron chi connectivity index (χ0n) is 7.48. The first-order chi connectivity index (χ1) is 6.68. The minimum Gasteiger partial charge on any atom is -0.493 e. The Balaban J connectivity index is 2.60. The van der Waals surface area contributed by atoms with Crippen LogP contribution in [-0.4, -0.2) is 19.9 Å². The van der Waals surface area contributed by atoms with Gasteiger partial charge in [-0.25, -0.2) is 4.98 Å². The van der Waals surface area contributed by atoms with Crippen LogP contribution in [0.1, 0.15) is 5.69 Å². The van der Waals surface area contributed by atoms with Gasteiger partial charge in [0.15, 0.2) is 5.82 Å². The van der Waals surface area contributed by atoms with Crippen LogP contribution >= 0.6 is 11.6 Å². The number of hydrogen-bond acceptors (Lipinski definition) is 3. The average Bonchev–Trinajstić information content (AvgIpc) is 2.46. The van der Waals surface area contributed by atoms with Gasteiger partial charge in [-0.05, 0) is 19.1 Å². The van der Waals surface area contributed by atoms with Crippen LogP contribution in [0.15, 0.2) is 24.4 Å². The second-order valence-corrected chi connectivity index (χ2v) is 3.27. The lowest BCUT2D eigenvalue weighted by Gasteiger charge is -2.02. The van der Waals surface area contributed by atoms with Crippen LogP contribution in [-0.2, 0) is 0 Å². The van der Waals surface area contributed by atoms with E-state index in [0.29, 0.717) is 16.5 Å². The molecule has 0 aliphatic heterocycles. The SMILES string of the molecule is Cc1cc(O)n(-c2ncccc2Cl)n1. The molecule has 0 bridgehead atoms. The highest BCUT2D eigenvalue weighted by Crippen LogP contribution is 2.21. The van der Waals surface area contributed by atoms with Gasteiger partial charge in [0.25, 0.3) is 0 Å². The first-order valence-corrected chi connectivity index (χ1v) is 4.43. The third kappa shape index (κ3) is 1.44. The Hall–Kier alpha value is -1.55. The summed E-state index contributed by atoms with van der Waals surface area (Å²) in [6.45, 7) is 1.78. The molecule has 2 heterocycles. The minimum absolute atomic E-state index is 0.0306. The van der Waals surface area contributed by atoms with Crippen molar-refractivity contribution < 1.29 is 5.11 Å². The smallest absolute Gasteiger partial charge is 0.215 e. The summed E-state index contributed by atoms with van der Waals surface area (Å²) in [6, 6.07) is 4.96. The molecule has 2 aromatic rings. The largest absolute Gasteiger partial charge is 0.493 e. The predicted octanol–water partition coefficient (Wildman–Crippen LogP) is 1.93. The summed E-state index contributed by atoms with van der Waals surface area (Å²) in [5.74, 6) is 0.461. The number of aryl methyl sites for hydroxylation is 1. The van der Waals surface area contributed by atoms with Crippen LogP contribution in [0.4, 0.5) is 0 Å². The number of aromatic hydroxyl groups is 1. The van der Waals surface area contributed by atoms with E-state index >= 15 is 0 Å². The Morgan fingerprint density at radius 3 is 2.86 bits per heavy atom. The van der Waals surface area contributed by atoms with Crippen molar-refractivity contribution in [1.29, 1.82) is 0 Å². The second kappa shape index (κ2) is 3.31. The van der Waals surface area contributed by atoms with Crippen molar-refractivity contribution in [1.82, 2.24) is 14.8 Å². The van der Waals surface area contributed by atoms with E-state index in [1.165, 1.54) is 4.68 Å². The number of pyridine rings is 1. The summed E-state index contributed by atoms with van der Waals surface area (Å²) in [4.78, 5) is 4.03. The zero-order chi connectivity index (χ0) is 10.1. The van der Waals surface area contributed by atoms with Gasteiger partial charge in [0.05, 0.1) is 10.7 Å². The van der Waals surface area contributed by atoms with Gasteiger partial charge in [0.1, 0.15) is 0 Å². The molecule has 2 rings (SSSR count). The Kier molecular flexibility index (Phi) is 2.13. The fourth-order valence-corrected chi connectivity index (χ4v) is 1.38. The quantitative estimate of drug-likeness (QED) is 0.781. The maximum atomic E-state index is 9.51. The third-order valence-electron chi connectivity index (χ3n) is 1.75. The predicted molar refractivity (Wildman–Crippen MR) is 52.8 cm³/mol. The van der Waals surface area contributed by atoms with Gasteiger partial charge in [-0.1, -0.05) is 11.6 Å². The molecule has 0 saturated carbocycles. The number of hydrogen-bond donors (Lipinski definition) is 1. The Morgan fingerprint density at radius 1 is 1.50 bits per heavy atom. The topological polar surface area (TPSA) is 50.9 Å². The maximum absolute atomic E-state index is 9.51. The van der Waals surface area contributed by atoms with Crippen LogP contribution in [0.25, 0.3) is 5.82 Å². The molecule has 0 radical (unpaired) electrons. The summed E-state index contributed by atoms with van der Waals surface area (Å²) in [5.41, 5.74) is 0.712. The third-order valence-corrected chi connectivity index (χ3v) is 2.05. The molecule has 4 nitrogen and oxygen atoms in total. The maximum Gasteiger partial charge on any atom is 0.215 e. The van der Waals surface area contributed by atoms with Crippen molar-refractivity contribution in [3.05, 3.63) is 35.1 Å². The molecular formula is C9H8ClN3O. The van der Waals surface area contributed by atoms with Gasteiger partial charge >= 0.3 is 0 Å². The van der Waals surface area contributed by atoms with Crippen LogP contribution in [0, 0.1) is 6.92 Å². The summed E-state index contributed by atoms with van der Waals surface area (Å²) < 4.78 is 1.30. The summed E-state index contributed by atoms with van der Waals surface area (Å²) in [7, 11) is 0. The van der Waals surface area contributed by atoms with Gasteiger partial charge in [-0.3, -0.25) is 0 Å². The monoisotopic (exact) mass is 209 g/mol. The lowest BCUT2D eigenvalue weighted by molar-refractivity contribution is 0.432. The molecule has 5 heteroatoms. The standard InChI is InChI=1S/C9H8ClN3O/c1-6-5-8(14)13(12-6)9-7(10)3-2-4-11-9/h2-5,14H,1H3. The molecule has 0 unspecified atom stereocenters. The van der Waals surface area contributed by atoms with E-state index in [1.54, 1.807) is 31.3 Å². The second-order valence-electron chi connectivity index (χ2n) is 2.86. The molecule has 1 N–H and O–H groups in total. The summed E-state index contributed by atoms with van der Waals surface area (Å²) in [5, 5.41) is 14.0. The van der Waals surface area contributed by atoms with Crippen LogP contribution in [0.2, 0.25) is 5.02 Å². The molecule has 0 amide bonds. The molecule has 0 spiro atoms. The molecule has 14 heavy (non-hydrogen) atoms. The molecule has 0 atom stereocenters. The van der Waals surface area contributed by atoms with Crippen molar-refractivity contribution in [2.45, 2.75) is 6.92 Å². The van der Waals surface area contributed by atoms with Gasteiger partial charge in [0, 0.05) is 12.3 Å². The summed E-state index contributed by atoms with van der Waals surface area (Å²) >= 11 is 5.91. The lowest BCUT2D eigenvalue weighted by atomic mass is 10.4. The van der Waals surface area contributed by atoms with Crippen molar-refractivity contribution in [2.75, 3.05) is 0 Å². The number of halogens is 1. The van der Waals surface area contributed by atoms with Gasteiger partial charge < -0.3 is 5.11 Å². The van der Waals surface area contributed by atoms with E-state index < -0.39 is 0 Å². The average molecular weight is 210 g/mol. The molecule has 72 valence electrons. The van der Waals surface area contributed by atoms with Crippen LogP contribution < -0.4 is 0 Å². The number of rotatable bonds is 1. The molecule has 2 aromatic heterocycles. The highest BCUT2D eigenvalue weighted by atomic mass is 35.5. The Morgan fingerprint density at radius 2 is 2.29 bits per heavy atom. The highest BCUT2D eigenvalue weighted by molar-refractivity contribution is 6.32. The van der Waals surface area contributed by atoms with Crippen molar-refractivity contribution >= 4 is 11.6 Å². The van der Waals surface area contributed by atoms with E-state index in [2.05, 4.69) is 10.1 Å². The van der Waals surface area contributed by atoms with Crippen molar-refractivity contribution in [2.24, 2.45) is 0 Å². The fourth-order valence-electron chi connectivity index (χ4n) is 1.17. The van der Waals surface area contributed by atoms with E-state index in [0.717, 1.165) is 0 Å².